The number of pyridine rings is 1. The highest BCUT2D eigenvalue weighted by Gasteiger charge is 2.20. The van der Waals surface area contributed by atoms with Gasteiger partial charge in [-0.25, -0.2) is 0 Å². The van der Waals surface area contributed by atoms with Gasteiger partial charge in [0.2, 0.25) is 0 Å². The van der Waals surface area contributed by atoms with E-state index in [2.05, 4.69) is 4.98 Å². The van der Waals surface area contributed by atoms with Crippen molar-refractivity contribution in [3.63, 3.8) is 0 Å². The minimum Gasteiger partial charge on any atom is -0.389 e. The van der Waals surface area contributed by atoms with Crippen LogP contribution in [0.4, 0.5) is 0 Å². The summed E-state index contributed by atoms with van der Waals surface area (Å²) in [6.07, 6.45) is -1.21. The Hall–Kier alpha value is -0.550. The smallest absolute Gasteiger partial charge is 0.253 e. The van der Waals surface area contributed by atoms with Crippen molar-refractivity contribution in [2.24, 2.45) is 0 Å². The Balaban J connectivity index is 3.05. The minimum atomic E-state index is -1.32. The van der Waals surface area contributed by atoms with E-state index in [1.807, 2.05) is 0 Å². The summed E-state index contributed by atoms with van der Waals surface area (Å²) < 4.78 is 0. The van der Waals surface area contributed by atoms with Gasteiger partial charge in [-0.3, -0.25) is 4.79 Å². The minimum absolute atomic E-state index is 0.00523. The molecule has 3 N–H and O–H groups in total. The van der Waals surface area contributed by atoms with E-state index in [0.29, 0.717) is 0 Å². The van der Waals surface area contributed by atoms with Crippen molar-refractivity contribution in [3.8, 4) is 0 Å². The first-order valence-electron chi connectivity index (χ1n) is 3.86. The van der Waals surface area contributed by atoms with Crippen molar-refractivity contribution in [2.45, 2.75) is 12.2 Å². The molecule has 14 heavy (non-hydrogen) atoms. The van der Waals surface area contributed by atoms with Gasteiger partial charge in [-0.2, -0.15) is 0 Å². The van der Waals surface area contributed by atoms with Crippen molar-refractivity contribution >= 4 is 23.2 Å². The Morgan fingerprint density at radius 2 is 2.14 bits per heavy atom. The molecule has 0 radical (unpaired) electrons. The molecule has 0 fully saturated rings. The van der Waals surface area contributed by atoms with Crippen molar-refractivity contribution in [3.05, 3.63) is 33.2 Å². The summed E-state index contributed by atoms with van der Waals surface area (Å²) in [7, 11) is 0. The number of aliphatic hydroxyl groups is 2. The number of aromatic amines is 1. The molecule has 4 nitrogen and oxygen atoms in total. The van der Waals surface area contributed by atoms with Gasteiger partial charge in [-0.15, -0.1) is 11.6 Å². The van der Waals surface area contributed by atoms with E-state index in [-0.39, 0.29) is 16.5 Å². The molecule has 0 bridgehead atoms. The lowest BCUT2D eigenvalue weighted by molar-refractivity contribution is 0.0318. The largest absolute Gasteiger partial charge is 0.389 e. The third-order valence-corrected chi connectivity index (χ3v) is 2.27. The molecule has 1 rings (SSSR count). The maximum absolute atomic E-state index is 11.2. The second kappa shape index (κ2) is 4.79. The van der Waals surface area contributed by atoms with Gasteiger partial charge in [-0.05, 0) is 6.07 Å². The molecule has 2 unspecified atom stereocenters. The van der Waals surface area contributed by atoms with E-state index in [4.69, 9.17) is 23.2 Å². The second-order valence-corrected chi connectivity index (χ2v) is 3.51. The molecule has 78 valence electrons. The van der Waals surface area contributed by atoms with Crippen molar-refractivity contribution in [2.75, 3.05) is 5.88 Å². The fraction of sp³-hybridized carbons (Fsp3) is 0.375. The monoisotopic (exact) mass is 237 g/mol. The van der Waals surface area contributed by atoms with Crippen LogP contribution in [0.15, 0.2) is 17.1 Å². The van der Waals surface area contributed by atoms with Gasteiger partial charge in [0, 0.05) is 11.8 Å². The van der Waals surface area contributed by atoms with Crippen LogP contribution < -0.4 is 5.56 Å². The van der Waals surface area contributed by atoms with Crippen LogP contribution in [0.3, 0.4) is 0 Å². The molecule has 0 aromatic carbocycles. The van der Waals surface area contributed by atoms with Crippen molar-refractivity contribution < 1.29 is 10.2 Å². The number of aromatic nitrogens is 1. The van der Waals surface area contributed by atoms with Gasteiger partial charge in [0.25, 0.3) is 5.56 Å². The summed E-state index contributed by atoms with van der Waals surface area (Å²) in [6.45, 7) is 0. The maximum Gasteiger partial charge on any atom is 0.253 e. The predicted octanol–water partition coefficient (Wildman–Crippen LogP) is 0.661. The van der Waals surface area contributed by atoms with Crippen LogP contribution in [-0.2, 0) is 0 Å². The van der Waals surface area contributed by atoms with E-state index in [1.165, 1.54) is 12.3 Å². The molecule has 6 heteroatoms. The molecular formula is C8H9Cl2NO3. The topological polar surface area (TPSA) is 73.3 Å². The summed E-state index contributed by atoms with van der Waals surface area (Å²) >= 11 is 10.9. The summed E-state index contributed by atoms with van der Waals surface area (Å²) in [4.78, 5) is 13.5. The zero-order valence-electron chi connectivity index (χ0n) is 7.08. The fourth-order valence-electron chi connectivity index (χ4n) is 0.985. The lowest BCUT2D eigenvalue weighted by Gasteiger charge is -2.14. The molecule has 0 amide bonds. The summed E-state index contributed by atoms with van der Waals surface area (Å²) in [5, 5.41) is 19.0. The average Bonchev–Trinajstić information content (AvgIpc) is 2.19. The summed E-state index contributed by atoms with van der Waals surface area (Å²) in [5.41, 5.74) is -0.489. The first kappa shape index (κ1) is 11.5. The van der Waals surface area contributed by atoms with Crippen molar-refractivity contribution in [1.82, 2.24) is 4.98 Å². The molecule has 1 heterocycles. The molecule has 0 aliphatic carbocycles. The van der Waals surface area contributed by atoms with E-state index in [0.717, 1.165) is 0 Å². The quantitative estimate of drug-likeness (QED) is 0.677. The Kier molecular flexibility index (Phi) is 3.95. The SMILES string of the molecule is O=c1[nH]cc(Cl)cc1C(O)C(O)CCl. The van der Waals surface area contributed by atoms with E-state index in [9.17, 15) is 15.0 Å². The first-order valence-corrected chi connectivity index (χ1v) is 4.77. The second-order valence-electron chi connectivity index (χ2n) is 2.77. The highest BCUT2D eigenvalue weighted by Crippen LogP contribution is 2.16. The van der Waals surface area contributed by atoms with Crippen LogP contribution in [0.25, 0.3) is 0 Å². The Labute approximate surface area is 90.1 Å². The molecule has 0 aliphatic heterocycles. The zero-order valence-corrected chi connectivity index (χ0v) is 8.59. The van der Waals surface area contributed by atoms with Crippen LogP contribution in [0.2, 0.25) is 5.02 Å². The molecular weight excluding hydrogens is 229 g/mol. The standard InChI is InChI=1S/C8H9Cl2NO3/c9-2-6(12)7(13)5-1-4(10)3-11-8(5)14/h1,3,6-7,12-13H,2H2,(H,11,14). The Bertz CT molecular complexity index is 366. The van der Waals surface area contributed by atoms with E-state index < -0.39 is 17.8 Å². The van der Waals surface area contributed by atoms with Crippen LogP contribution in [0, 0.1) is 0 Å². The normalized spacial score (nSPS) is 15.1. The lowest BCUT2D eigenvalue weighted by atomic mass is 10.1. The molecule has 0 aliphatic rings. The number of H-pyrrole nitrogens is 1. The van der Waals surface area contributed by atoms with Crippen LogP contribution in [0.5, 0.6) is 0 Å². The molecule has 2 atom stereocenters. The molecule has 0 spiro atoms. The van der Waals surface area contributed by atoms with Gasteiger partial charge < -0.3 is 15.2 Å². The maximum atomic E-state index is 11.2. The van der Waals surface area contributed by atoms with Gasteiger partial charge in [0.15, 0.2) is 0 Å². The number of nitrogens with one attached hydrogen (secondary N) is 1. The van der Waals surface area contributed by atoms with Gasteiger partial charge >= 0.3 is 0 Å². The number of halogens is 2. The third kappa shape index (κ3) is 2.48. The number of alkyl halides is 1. The lowest BCUT2D eigenvalue weighted by Crippen LogP contribution is -2.26. The number of rotatable bonds is 3. The fourth-order valence-corrected chi connectivity index (χ4v) is 1.33. The Morgan fingerprint density at radius 1 is 1.50 bits per heavy atom. The van der Waals surface area contributed by atoms with E-state index >= 15 is 0 Å². The Morgan fingerprint density at radius 3 is 2.71 bits per heavy atom. The summed E-state index contributed by atoms with van der Waals surface area (Å²) in [5.74, 6) is -0.160. The van der Waals surface area contributed by atoms with Crippen molar-refractivity contribution in [1.29, 1.82) is 0 Å². The average molecular weight is 238 g/mol. The first-order chi connectivity index (χ1) is 6.56. The van der Waals surface area contributed by atoms with Crippen LogP contribution >= 0.6 is 23.2 Å². The number of hydrogen-bond acceptors (Lipinski definition) is 3. The molecule has 0 saturated carbocycles. The number of hydrogen-bond donors (Lipinski definition) is 3. The van der Waals surface area contributed by atoms with Crippen LogP contribution in [-0.4, -0.2) is 27.2 Å². The predicted molar refractivity (Wildman–Crippen MR) is 53.8 cm³/mol. The molecule has 0 saturated heterocycles. The third-order valence-electron chi connectivity index (χ3n) is 1.74. The van der Waals surface area contributed by atoms with Gasteiger partial charge in [0.1, 0.15) is 6.10 Å². The van der Waals surface area contributed by atoms with Gasteiger partial charge in [0.05, 0.1) is 17.0 Å². The summed E-state index contributed by atoms with van der Waals surface area (Å²) in [6, 6.07) is 1.29. The van der Waals surface area contributed by atoms with Gasteiger partial charge in [-0.1, -0.05) is 11.6 Å². The molecule has 1 aromatic rings. The molecule has 1 aromatic heterocycles. The zero-order chi connectivity index (χ0) is 10.7. The van der Waals surface area contributed by atoms with Crippen LogP contribution in [0.1, 0.15) is 11.7 Å². The van der Waals surface area contributed by atoms with E-state index in [1.54, 1.807) is 0 Å². The number of aliphatic hydroxyl groups excluding tert-OH is 2. The highest BCUT2D eigenvalue weighted by atomic mass is 35.5. The highest BCUT2D eigenvalue weighted by molar-refractivity contribution is 6.30.